The predicted octanol–water partition coefficient (Wildman–Crippen LogP) is 3.20. The largest absolute Gasteiger partial charge is 0.354 e. The Balaban J connectivity index is 2.90. The molecule has 1 unspecified atom stereocenters. The average molecular weight is 267 g/mol. The summed E-state index contributed by atoms with van der Waals surface area (Å²) in [5.41, 5.74) is 0.689. The molecule has 1 N–H and O–H groups in total. The topological polar surface area (TPSA) is 28.2 Å². The second kappa shape index (κ2) is 8.10. The van der Waals surface area contributed by atoms with Crippen molar-refractivity contribution in [3.63, 3.8) is 0 Å². The van der Waals surface area contributed by atoms with E-state index in [2.05, 4.69) is 24.1 Å². The number of rotatable bonds is 8. The van der Waals surface area contributed by atoms with Crippen LogP contribution in [0.3, 0.4) is 0 Å². The van der Waals surface area contributed by atoms with Crippen LogP contribution in [0.15, 0.2) is 12.3 Å². The first-order valence-electron chi connectivity index (χ1n) is 7.22. The molecule has 1 aromatic rings. The van der Waals surface area contributed by atoms with Crippen molar-refractivity contribution in [2.45, 2.75) is 40.7 Å². The molecule has 19 heavy (non-hydrogen) atoms. The maximum Gasteiger partial charge on any atom is 0.170 e. The average Bonchev–Trinajstić information content (AvgIpc) is 2.43. The van der Waals surface area contributed by atoms with Crippen molar-refractivity contribution >= 4 is 5.82 Å². The summed E-state index contributed by atoms with van der Waals surface area (Å²) in [6, 6.07) is 1.75. The Kier molecular flexibility index (Phi) is 6.78. The van der Waals surface area contributed by atoms with Crippen molar-refractivity contribution in [1.82, 2.24) is 10.3 Å². The molecule has 108 valence electrons. The maximum absolute atomic E-state index is 14.4. The number of hydrogen-bond donors (Lipinski definition) is 1. The molecular weight excluding hydrogens is 241 g/mol. The van der Waals surface area contributed by atoms with E-state index in [4.69, 9.17) is 0 Å². The van der Waals surface area contributed by atoms with Gasteiger partial charge in [0.05, 0.1) is 0 Å². The van der Waals surface area contributed by atoms with Crippen LogP contribution in [-0.4, -0.2) is 24.6 Å². The van der Waals surface area contributed by atoms with Crippen molar-refractivity contribution in [2.75, 3.05) is 24.5 Å². The summed E-state index contributed by atoms with van der Waals surface area (Å²) >= 11 is 0. The lowest BCUT2D eigenvalue weighted by Gasteiger charge is -2.26. The van der Waals surface area contributed by atoms with E-state index in [0.717, 1.165) is 26.1 Å². The van der Waals surface area contributed by atoms with Crippen molar-refractivity contribution in [3.8, 4) is 0 Å². The SMILES string of the molecule is CCNCc1ccnc(N(CC)CC(C)CC)c1F. The van der Waals surface area contributed by atoms with Gasteiger partial charge >= 0.3 is 0 Å². The van der Waals surface area contributed by atoms with Crippen LogP contribution in [0.4, 0.5) is 10.2 Å². The van der Waals surface area contributed by atoms with Crippen LogP contribution < -0.4 is 10.2 Å². The maximum atomic E-state index is 14.4. The standard InChI is InChI=1S/C15H26FN3/c1-5-12(4)11-19(7-3)15-14(16)13(8-9-18-15)10-17-6-2/h8-9,12,17H,5-7,10-11H2,1-4H3. The molecule has 0 spiro atoms. The molecule has 0 bridgehead atoms. The van der Waals surface area contributed by atoms with Crippen LogP contribution in [-0.2, 0) is 6.54 Å². The lowest BCUT2D eigenvalue weighted by Crippen LogP contribution is -2.30. The highest BCUT2D eigenvalue weighted by Crippen LogP contribution is 2.21. The fourth-order valence-electron chi connectivity index (χ4n) is 1.96. The molecule has 1 aromatic heterocycles. The lowest BCUT2D eigenvalue weighted by atomic mass is 10.1. The van der Waals surface area contributed by atoms with Gasteiger partial charge in [-0.25, -0.2) is 9.37 Å². The predicted molar refractivity (Wildman–Crippen MR) is 78.9 cm³/mol. The molecule has 1 rings (SSSR count). The summed E-state index contributed by atoms with van der Waals surface area (Å²) in [6.45, 7) is 11.4. The molecule has 1 heterocycles. The first-order valence-corrected chi connectivity index (χ1v) is 7.22. The molecule has 4 heteroatoms. The molecule has 0 aliphatic carbocycles. The summed E-state index contributed by atoms with van der Waals surface area (Å²) in [4.78, 5) is 6.26. The minimum absolute atomic E-state index is 0.186. The molecular formula is C15H26FN3. The van der Waals surface area contributed by atoms with Crippen LogP contribution in [0, 0.1) is 11.7 Å². The van der Waals surface area contributed by atoms with Gasteiger partial charge in [0, 0.05) is 31.4 Å². The van der Waals surface area contributed by atoms with Crippen LogP contribution in [0.2, 0.25) is 0 Å². The van der Waals surface area contributed by atoms with Gasteiger partial charge in [-0.1, -0.05) is 27.2 Å². The monoisotopic (exact) mass is 267 g/mol. The van der Waals surface area contributed by atoms with Gasteiger partial charge in [0.1, 0.15) is 0 Å². The van der Waals surface area contributed by atoms with Crippen molar-refractivity contribution in [3.05, 3.63) is 23.6 Å². The van der Waals surface area contributed by atoms with E-state index in [1.165, 1.54) is 0 Å². The van der Waals surface area contributed by atoms with Gasteiger partial charge in [0.15, 0.2) is 11.6 Å². The molecule has 0 radical (unpaired) electrons. The summed E-state index contributed by atoms with van der Waals surface area (Å²) in [6.07, 6.45) is 2.79. The summed E-state index contributed by atoms with van der Waals surface area (Å²) in [7, 11) is 0. The van der Waals surface area contributed by atoms with Crippen LogP contribution in [0.5, 0.6) is 0 Å². The summed E-state index contributed by atoms with van der Waals surface area (Å²) in [5, 5.41) is 3.16. The van der Waals surface area contributed by atoms with Gasteiger partial charge in [-0.15, -0.1) is 0 Å². The second-order valence-electron chi connectivity index (χ2n) is 4.94. The number of aromatic nitrogens is 1. The fraction of sp³-hybridized carbons (Fsp3) is 0.667. The quantitative estimate of drug-likeness (QED) is 0.784. The minimum Gasteiger partial charge on any atom is -0.354 e. The van der Waals surface area contributed by atoms with E-state index >= 15 is 0 Å². The van der Waals surface area contributed by atoms with E-state index in [-0.39, 0.29) is 5.82 Å². The first-order chi connectivity index (χ1) is 9.13. The summed E-state index contributed by atoms with van der Waals surface area (Å²) < 4.78 is 14.4. The van der Waals surface area contributed by atoms with Gasteiger partial charge in [-0.3, -0.25) is 0 Å². The Bertz CT molecular complexity index is 382. The summed E-state index contributed by atoms with van der Waals surface area (Å²) in [5.74, 6) is 0.838. The molecule has 0 aliphatic heterocycles. The van der Waals surface area contributed by atoms with Crippen molar-refractivity contribution < 1.29 is 4.39 Å². The van der Waals surface area contributed by atoms with Crippen LogP contribution >= 0.6 is 0 Å². The van der Waals surface area contributed by atoms with Gasteiger partial charge in [-0.2, -0.15) is 0 Å². The zero-order valence-electron chi connectivity index (χ0n) is 12.5. The Morgan fingerprint density at radius 3 is 2.68 bits per heavy atom. The van der Waals surface area contributed by atoms with E-state index in [0.29, 0.717) is 23.8 Å². The number of hydrogen-bond acceptors (Lipinski definition) is 3. The Labute approximate surface area is 116 Å². The Morgan fingerprint density at radius 2 is 2.11 bits per heavy atom. The Morgan fingerprint density at radius 1 is 1.37 bits per heavy atom. The smallest absolute Gasteiger partial charge is 0.170 e. The van der Waals surface area contributed by atoms with E-state index < -0.39 is 0 Å². The van der Waals surface area contributed by atoms with Crippen molar-refractivity contribution in [2.24, 2.45) is 5.92 Å². The Hall–Kier alpha value is -1.16. The van der Waals surface area contributed by atoms with Gasteiger partial charge < -0.3 is 10.2 Å². The third-order valence-corrected chi connectivity index (χ3v) is 3.43. The third kappa shape index (κ3) is 4.46. The van der Waals surface area contributed by atoms with Gasteiger partial charge in [0.25, 0.3) is 0 Å². The molecule has 0 fully saturated rings. The zero-order valence-corrected chi connectivity index (χ0v) is 12.5. The van der Waals surface area contributed by atoms with Crippen LogP contribution in [0.1, 0.15) is 39.7 Å². The molecule has 3 nitrogen and oxygen atoms in total. The second-order valence-corrected chi connectivity index (χ2v) is 4.94. The van der Waals surface area contributed by atoms with E-state index in [9.17, 15) is 4.39 Å². The number of pyridine rings is 1. The lowest BCUT2D eigenvalue weighted by molar-refractivity contribution is 0.528. The third-order valence-electron chi connectivity index (χ3n) is 3.43. The molecule has 0 amide bonds. The zero-order chi connectivity index (χ0) is 14.3. The van der Waals surface area contributed by atoms with Gasteiger partial charge in [0.2, 0.25) is 0 Å². The first kappa shape index (κ1) is 15.9. The van der Waals surface area contributed by atoms with E-state index in [1.54, 1.807) is 12.3 Å². The van der Waals surface area contributed by atoms with Gasteiger partial charge in [-0.05, 0) is 25.5 Å². The molecule has 0 aromatic carbocycles. The highest BCUT2D eigenvalue weighted by atomic mass is 19.1. The van der Waals surface area contributed by atoms with E-state index in [1.807, 2.05) is 18.7 Å². The minimum atomic E-state index is -0.186. The number of nitrogens with zero attached hydrogens (tertiary/aromatic N) is 2. The molecule has 0 saturated heterocycles. The molecule has 0 saturated carbocycles. The van der Waals surface area contributed by atoms with Crippen LogP contribution in [0.25, 0.3) is 0 Å². The normalized spacial score (nSPS) is 12.5. The number of anilines is 1. The number of nitrogens with one attached hydrogen (secondary N) is 1. The van der Waals surface area contributed by atoms with Crippen molar-refractivity contribution in [1.29, 1.82) is 0 Å². The molecule has 1 atom stereocenters. The number of halogens is 1. The molecule has 0 aliphatic rings. The highest BCUT2D eigenvalue weighted by molar-refractivity contribution is 5.43. The highest BCUT2D eigenvalue weighted by Gasteiger charge is 2.16. The fourth-order valence-corrected chi connectivity index (χ4v) is 1.96.